The maximum absolute atomic E-state index is 13.8. The zero-order valence-electron chi connectivity index (χ0n) is 13.3. The number of aromatic nitrogens is 2. The summed E-state index contributed by atoms with van der Waals surface area (Å²) in [4.78, 5) is 16.7. The van der Waals surface area contributed by atoms with Crippen molar-refractivity contribution in [3.63, 3.8) is 0 Å². The Bertz CT molecular complexity index is 763. The molecule has 0 saturated carbocycles. The molecule has 3 rings (SSSR count). The van der Waals surface area contributed by atoms with E-state index in [-0.39, 0.29) is 11.9 Å². The molecule has 0 bridgehead atoms. The van der Waals surface area contributed by atoms with Crippen LogP contribution < -0.4 is 5.32 Å². The number of nitrogens with one attached hydrogen (secondary N) is 2. The number of hydrogen-bond acceptors (Lipinski definition) is 5. The molecule has 0 unspecified atom stereocenters. The number of nitrogens with zero attached hydrogens (tertiary/aromatic N) is 3. The van der Waals surface area contributed by atoms with Crippen LogP contribution in [0.3, 0.4) is 0 Å². The zero-order valence-corrected chi connectivity index (χ0v) is 13.3. The predicted octanol–water partition coefficient (Wildman–Crippen LogP) is 1.53. The third kappa shape index (κ3) is 3.63. The SMILES string of the molecule is Cc1cc(CN2C[C@@H](F)C[C@H]2CNC(=O)c2c[nH]c(C#N)c2)on1. The molecular weight excluding hydrogens is 313 g/mol. The van der Waals surface area contributed by atoms with Crippen molar-refractivity contribution in [3.8, 4) is 6.07 Å². The first kappa shape index (κ1) is 16.2. The van der Waals surface area contributed by atoms with Crippen LogP contribution in [0.1, 0.15) is 33.9 Å². The molecule has 1 fully saturated rings. The summed E-state index contributed by atoms with van der Waals surface area (Å²) >= 11 is 0. The number of nitriles is 1. The lowest BCUT2D eigenvalue weighted by Gasteiger charge is -2.22. The molecule has 2 aromatic heterocycles. The molecule has 0 aromatic carbocycles. The number of hydrogen-bond donors (Lipinski definition) is 2. The van der Waals surface area contributed by atoms with Crippen LogP contribution in [0, 0.1) is 18.3 Å². The summed E-state index contributed by atoms with van der Waals surface area (Å²) in [6.07, 6.45) is 0.924. The number of aryl methyl sites for hydroxylation is 1. The van der Waals surface area contributed by atoms with Gasteiger partial charge in [0.2, 0.25) is 0 Å². The van der Waals surface area contributed by atoms with Gasteiger partial charge in [-0.2, -0.15) is 5.26 Å². The Morgan fingerprint density at radius 2 is 2.46 bits per heavy atom. The molecule has 0 aliphatic carbocycles. The second-order valence-electron chi connectivity index (χ2n) is 5.97. The first-order chi connectivity index (χ1) is 11.5. The molecule has 0 radical (unpaired) electrons. The number of likely N-dealkylation sites (tertiary alicyclic amines) is 1. The van der Waals surface area contributed by atoms with E-state index in [0.29, 0.717) is 43.1 Å². The minimum absolute atomic E-state index is 0.108. The quantitative estimate of drug-likeness (QED) is 0.866. The van der Waals surface area contributed by atoms with E-state index in [1.807, 2.05) is 24.0 Å². The lowest BCUT2D eigenvalue weighted by atomic mass is 10.2. The molecule has 2 N–H and O–H groups in total. The number of carbonyl (C=O) groups is 1. The summed E-state index contributed by atoms with van der Waals surface area (Å²) in [5.74, 6) is 0.396. The fraction of sp³-hybridized carbons (Fsp3) is 0.438. The third-order valence-electron chi connectivity index (χ3n) is 4.08. The fourth-order valence-electron chi connectivity index (χ4n) is 2.92. The average Bonchev–Trinajstić information content (AvgIpc) is 3.26. The molecule has 8 heteroatoms. The number of aromatic amines is 1. The van der Waals surface area contributed by atoms with Crippen molar-refractivity contribution >= 4 is 5.91 Å². The minimum atomic E-state index is -0.923. The largest absolute Gasteiger partial charge is 0.360 e. The fourth-order valence-corrected chi connectivity index (χ4v) is 2.92. The molecule has 24 heavy (non-hydrogen) atoms. The van der Waals surface area contributed by atoms with Gasteiger partial charge >= 0.3 is 0 Å². The zero-order chi connectivity index (χ0) is 17.1. The molecular formula is C16H18FN5O2. The first-order valence-electron chi connectivity index (χ1n) is 7.72. The van der Waals surface area contributed by atoms with Gasteiger partial charge in [-0.05, 0) is 19.4 Å². The summed E-state index contributed by atoms with van der Waals surface area (Å²) in [7, 11) is 0. The number of rotatable bonds is 5. The summed E-state index contributed by atoms with van der Waals surface area (Å²) in [5, 5.41) is 15.4. The van der Waals surface area contributed by atoms with Gasteiger partial charge in [-0.15, -0.1) is 0 Å². The predicted molar refractivity (Wildman–Crippen MR) is 82.8 cm³/mol. The van der Waals surface area contributed by atoms with Gasteiger partial charge in [0, 0.05) is 31.4 Å². The first-order valence-corrected chi connectivity index (χ1v) is 7.72. The smallest absolute Gasteiger partial charge is 0.252 e. The molecule has 1 saturated heterocycles. The van der Waals surface area contributed by atoms with Crippen molar-refractivity contribution in [2.45, 2.75) is 32.1 Å². The highest BCUT2D eigenvalue weighted by atomic mass is 19.1. The van der Waals surface area contributed by atoms with Crippen LogP contribution in [0.5, 0.6) is 0 Å². The van der Waals surface area contributed by atoms with Gasteiger partial charge in [0.1, 0.15) is 17.9 Å². The second kappa shape index (κ2) is 6.84. The van der Waals surface area contributed by atoms with Crippen molar-refractivity contribution in [2.75, 3.05) is 13.1 Å². The van der Waals surface area contributed by atoms with Crippen molar-refractivity contribution < 1.29 is 13.7 Å². The maximum Gasteiger partial charge on any atom is 0.252 e. The van der Waals surface area contributed by atoms with Crippen LogP contribution in [-0.4, -0.2) is 46.3 Å². The van der Waals surface area contributed by atoms with E-state index in [4.69, 9.17) is 9.78 Å². The van der Waals surface area contributed by atoms with Crippen LogP contribution in [-0.2, 0) is 6.54 Å². The van der Waals surface area contributed by atoms with Crippen LogP contribution in [0.25, 0.3) is 0 Å². The Balaban J connectivity index is 1.58. The number of alkyl halides is 1. The summed E-state index contributed by atoms with van der Waals surface area (Å²) in [5.41, 5.74) is 1.50. The summed E-state index contributed by atoms with van der Waals surface area (Å²) in [6.45, 7) is 2.94. The Morgan fingerprint density at radius 1 is 1.62 bits per heavy atom. The molecule has 0 spiro atoms. The van der Waals surface area contributed by atoms with Crippen LogP contribution in [0.2, 0.25) is 0 Å². The Morgan fingerprint density at radius 3 is 3.12 bits per heavy atom. The van der Waals surface area contributed by atoms with Crippen LogP contribution in [0.4, 0.5) is 4.39 Å². The summed E-state index contributed by atoms with van der Waals surface area (Å²) < 4.78 is 19.0. The van der Waals surface area contributed by atoms with Crippen molar-refractivity contribution in [3.05, 3.63) is 41.0 Å². The van der Waals surface area contributed by atoms with E-state index in [9.17, 15) is 9.18 Å². The molecule has 1 aliphatic rings. The van der Waals surface area contributed by atoms with Gasteiger partial charge in [0.25, 0.3) is 5.91 Å². The van der Waals surface area contributed by atoms with Crippen LogP contribution in [0.15, 0.2) is 22.9 Å². The second-order valence-corrected chi connectivity index (χ2v) is 5.97. The number of carbonyl (C=O) groups excluding carboxylic acids is 1. The van der Waals surface area contributed by atoms with E-state index < -0.39 is 6.17 Å². The van der Waals surface area contributed by atoms with E-state index >= 15 is 0 Å². The van der Waals surface area contributed by atoms with E-state index in [1.54, 1.807) is 0 Å². The van der Waals surface area contributed by atoms with Gasteiger partial charge in [-0.3, -0.25) is 9.69 Å². The van der Waals surface area contributed by atoms with Gasteiger partial charge in [-0.1, -0.05) is 5.16 Å². The number of halogens is 1. The van der Waals surface area contributed by atoms with E-state index in [0.717, 1.165) is 5.69 Å². The molecule has 2 aromatic rings. The van der Waals surface area contributed by atoms with Gasteiger partial charge in [0.15, 0.2) is 5.76 Å². The molecule has 7 nitrogen and oxygen atoms in total. The maximum atomic E-state index is 13.8. The number of H-pyrrole nitrogens is 1. The minimum Gasteiger partial charge on any atom is -0.360 e. The standard InChI is InChI=1S/C16H18FN5O2/c1-10-2-15(24-21-10)9-22-8-12(17)4-14(22)7-20-16(23)11-3-13(5-18)19-6-11/h2-3,6,12,14,19H,4,7-9H2,1H3,(H,20,23)/t12-,14-/m0/s1. The van der Waals surface area contributed by atoms with Gasteiger partial charge < -0.3 is 14.8 Å². The monoisotopic (exact) mass is 331 g/mol. The van der Waals surface area contributed by atoms with Gasteiger partial charge in [-0.25, -0.2) is 4.39 Å². The average molecular weight is 331 g/mol. The van der Waals surface area contributed by atoms with Crippen molar-refractivity contribution in [2.24, 2.45) is 0 Å². The highest BCUT2D eigenvalue weighted by Gasteiger charge is 2.33. The van der Waals surface area contributed by atoms with E-state index in [1.165, 1.54) is 12.3 Å². The van der Waals surface area contributed by atoms with E-state index in [2.05, 4.69) is 15.5 Å². The topological polar surface area (TPSA) is 98.0 Å². The Labute approximate surface area is 138 Å². The Kier molecular flexibility index (Phi) is 4.62. The number of amides is 1. The molecule has 3 heterocycles. The highest BCUT2D eigenvalue weighted by molar-refractivity contribution is 5.94. The lowest BCUT2D eigenvalue weighted by Crippen LogP contribution is -2.39. The third-order valence-corrected chi connectivity index (χ3v) is 4.08. The normalized spacial score (nSPS) is 20.9. The van der Waals surface area contributed by atoms with Gasteiger partial charge in [0.05, 0.1) is 17.8 Å². The molecule has 2 atom stereocenters. The van der Waals surface area contributed by atoms with Crippen LogP contribution >= 0.6 is 0 Å². The molecule has 1 amide bonds. The lowest BCUT2D eigenvalue weighted by molar-refractivity contribution is 0.0938. The highest BCUT2D eigenvalue weighted by Crippen LogP contribution is 2.22. The summed E-state index contributed by atoms with van der Waals surface area (Å²) in [6, 6.07) is 5.13. The van der Waals surface area contributed by atoms with Crippen molar-refractivity contribution in [1.29, 1.82) is 5.26 Å². The molecule has 126 valence electrons. The molecule has 1 aliphatic heterocycles. The Hall–Kier alpha value is -2.66. The van der Waals surface area contributed by atoms with Crippen molar-refractivity contribution in [1.82, 2.24) is 20.4 Å².